The van der Waals surface area contributed by atoms with Crippen LogP contribution in [0.1, 0.15) is 39.2 Å². The third kappa shape index (κ3) is 5.53. The lowest BCUT2D eigenvalue weighted by molar-refractivity contribution is 0.0956. The number of rotatable bonds is 4. The van der Waals surface area contributed by atoms with Crippen molar-refractivity contribution in [3.8, 4) is 0 Å². The van der Waals surface area contributed by atoms with E-state index in [-0.39, 0.29) is 18.2 Å². The highest BCUT2D eigenvalue weighted by molar-refractivity contribution is 6.30. The molecule has 1 fully saturated rings. The van der Waals surface area contributed by atoms with Crippen molar-refractivity contribution in [2.45, 2.75) is 45.2 Å². The molecule has 0 spiro atoms. The van der Waals surface area contributed by atoms with Gasteiger partial charge >= 0.3 is 12.1 Å². The van der Waals surface area contributed by atoms with Crippen LogP contribution in [0.25, 0.3) is 0 Å². The van der Waals surface area contributed by atoms with Gasteiger partial charge in [-0.2, -0.15) is 0 Å². The van der Waals surface area contributed by atoms with Gasteiger partial charge in [0, 0.05) is 24.2 Å². The maximum atomic E-state index is 12.3. The molecule has 1 heterocycles. The number of piperidine rings is 1. The number of hydrogen-bond acceptors (Lipinski definition) is 3. The highest BCUT2D eigenvalue weighted by atomic mass is 35.5. The number of amides is 3. The average Bonchev–Trinajstić information content (AvgIpc) is 2.55. The van der Waals surface area contributed by atoms with Gasteiger partial charge in [0.1, 0.15) is 0 Å². The van der Waals surface area contributed by atoms with Crippen LogP contribution in [0, 0.1) is 0 Å². The Morgan fingerprint density at radius 1 is 1.24 bits per heavy atom. The number of likely N-dealkylation sites (tertiary alicyclic amines) is 1. The number of benzene rings is 1. The van der Waals surface area contributed by atoms with Crippen molar-refractivity contribution < 1.29 is 14.3 Å². The van der Waals surface area contributed by atoms with E-state index in [0.717, 1.165) is 5.56 Å². The second-order valence-corrected chi connectivity index (χ2v) is 7.13. The van der Waals surface area contributed by atoms with Crippen LogP contribution in [-0.2, 0) is 10.3 Å². The monoisotopic (exact) mass is 367 g/mol. The summed E-state index contributed by atoms with van der Waals surface area (Å²) in [7, 11) is 0. The molecule has 0 saturated carbocycles. The number of urea groups is 1. The Hall–Kier alpha value is -1.95. The van der Waals surface area contributed by atoms with Gasteiger partial charge in [-0.15, -0.1) is 0 Å². The number of carbonyl (C=O) groups excluding carboxylic acids is 2. The summed E-state index contributed by atoms with van der Waals surface area (Å²) in [5.74, 6) is 0. The largest absolute Gasteiger partial charge is 0.450 e. The van der Waals surface area contributed by atoms with Crippen LogP contribution in [0.15, 0.2) is 24.3 Å². The minimum absolute atomic E-state index is 0.0479. The zero-order valence-electron chi connectivity index (χ0n) is 15.0. The number of halogens is 1. The third-order valence-electron chi connectivity index (χ3n) is 4.35. The minimum Gasteiger partial charge on any atom is -0.450 e. The Morgan fingerprint density at radius 2 is 1.84 bits per heavy atom. The number of carbonyl (C=O) groups is 2. The maximum Gasteiger partial charge on any atom is 0.409 e. The van der Waals surface area contributed by atoms with Crippen LogP contribution in [0.3, 0.4) is 0 Å². The first kappa shape index (κ1) is 19.4. The summed E-state index contributed by atoms with van der Waals surface area (Å²) in [5.41, 5.74) is 0.463. The number of hydrogen-bond donors (Lipinski definition) is 2. The van der Waals surface area contributed by atoms with E-state index < -0.39 is 5.54 Å². The Bertz CT molecular complexity index is 596. The van der Waals surface area contributed by atoms with Gasteiger partial charge in [0.2, 0.25) is 0 Å². The van der Waals surface area contributed by atoms with Crippen LogP contribution >= 0.6 is 11.6 Å². The summed E-state index contributed by atoms with van der Waals surface area (Å²) in [6.45, 7) is 7.23. The molecule has 0 unspecified atom stereocenters. The predicted octanol–water partition coefficient (Wildman–Crippen LogP) is 3.50. The molecule has 0 bridgehead atoms. The summed E-state index contributed by atoms with van der Waals surface area (Å²) in [5, 5.41) is 6.65. The second kappa shape index (κ2) is 8.43. The number of nitrogens with zero attached hydrogens (tertiary/aromatic N) is 1. The standard InChI is InChI=1S/C18H26ClN3O3/c1-4-25-17(24)22-11-9-15(10-12-22)20-16(23)21-18(2,3)13-5-7-14(19)8-6-13/h5-8,15H,4,9-12H2,1-3H3,(H2,20,21,23). The Labute approximate surface area is 153 Å². The van der Waals surface area contributed by atoms with Gasteiger partial charge in [-0.25, -0.2) is 9.59 Å². The van der Waals surface area contributed by atoms with Crippen LogP contribution in [0.5, 0.6) is 0 Å². The first-order chi connectivity index (χ1) is 11.8. The molecule has 1 aromatic rings. The topological polar surface area (TPSA) is 70.7 Å². The summed E-state index contributed by atoms with van der Waals surface area (Å²) in [4.78, 5) is 25.7. The van der Waals surface area contributed by atoms with Gasteiger partial charge in [-0.3, -0.25) is 0 Å². The van der Waals surface area contributed by atoms with Crippen molar-refractivity contribution in [2.24, 2.45) is 0 Å². The van der Waals surface area contributed by atoms with Crippen molar-refractivity contribution in [1.82, 2.24) is 15.5 Å². The lowest BCUT2D eigenvalue weighted by atomic mass is 9.94. The Morgan fingerprint density at radius 3 is 2.40 bits per heavy atom. The Kier molecular flexibility index (Phi) is 6.53. The summed E-state index contributed by atoms with van der Waals surface area (Å²) in [6, 6.07) is 7.26. The molecule has 2 rings (SSSR count). The molecule has 0 radical (unpaired) electrons. The summed E-state index contributed by atoms with van der Waals surface area (Å²) >= 11 is 5.91. The van der Waals surface area contributed by atoms with E-state index in [9.17, 15) is 9.59 Å². The van der Waals surface area contributed by atoms with Gasteiger partial charge in [0.25, 0.3) is 0 Å². The molecule has 2 N–H and O–H groups in total. The van der Waals surface area contributed by atoms with Crippen LogP contribution in [0.2, 0.25) is 5.02 Å². The van der Waals surface area contributed by atoms with Crippen LogP contribution in [-0.4, -0.2) is 42.8 Å². The van der Waals surface area contributed by atoms with Gasteiger partial charge in [-0.1, -0.05) is 23.7 Å². The molecule has 1 aliphatic rings. The normalized spacial score (nSPS) is 15.6. The van der Waals surface area contributed by atoms with E-state index in [2.05, 4.69) is 10.6 Å². The lowest BCUT2D eigenvalue weighted by Gasteiger charge is -2.33. The van der Waals surface area contributed by atoms with Crippen LogP contribution < -0.4 is 10.6 Å². The van der Waals surface area contributed by atoms with Crippen molar-refractivity contribution in [3.63, 3.8) is 0 Å². The molecule has 3 amide bonds. The van der Waals surface area contributed by atoms with E-state index in [1.54, 1.807) is 11.8 Å². The van der Waals surface area contributed by atoms with Gasteiger partial charge in [-0.05, 0) is 51.3 Å². The summed E-state index contributed by atoms with van der Waals surface area (Å²) in [6.07, 6.45) is 1.15. The highest BCUT2D eigenvalue weighted by Crippen LogP contribution is 2.22. The SMILES string of the molecule is CCOC(=O)N1CCC(NC(=O)NC(C)(C)c2ccc(Cl)cc2)CC1. The van der Waals surface area contributed by atoms with E-state index in [1.165, 1.54) is 0 Å². The smallest absolute Gasteiger partial charge is 0.409 e. The zero-order valence-corrected chi connectivity index (χ0v) is 15.7. The molecule has 0 aliphatic carbocycles. The fourth-order valence-electron chi connectivity index (χ4n) is 2.87. The van der Waals surface area contributed by atoms with Crippen LogP contribution in [0.4, 0.5) is 9.59 Å². The second-order valence-electron chi connectivity index (χ2n) is 6.69. The molecule has 1 aromatic carbocycles. The van der Waals surface area contributed by atoms with E-state index in [1.807, 2.05) is 38.1 Å². The molecular formula is C18H26ClN3O3. The van der Waals surface area contributed by atoms with E-state index in [4.69, 9.17) is 16.3 Å². The van der Waals surface area contributed by atoms with Crippen molar-refractivity contribution in [1.29, 1.82) is 0 Å². The molecule has 1 aliphatic heterocycles. The first-order valence-corrected chi connectivity index (χ1v) is 8.96. The van der Waals surface area contributed by atoms with Crippen molar-refractivity contribution in [3.05, 3.63) is 34.9 Å². The minimum atomic E-state index is -0.514. The summed E-state index contributed by atoms with van der Waals surface area (Å²) < 4.78 is 5.00. The Balaban J connectivity index is 1.82. The van der Waals surface area contributed by atoms with Crippen molar-refractivity contribution >= 4 is 23.7 Å². The molecule has 6 nitrogen and oxygen atoms in total. The quantitative estimate of drug-likeness (QED) is 0.855. The molecule has 138 valence electrons. The molecule has 1 saturated heterocycles. The highest BCUT2D eigenvalue weighted by Gasteiger charge is 2.27. The van der Waals surface area contributed by atoms with Gasteiger partial charge < -0.3 is 20.3 Å². The van der Waals surface area contributed by atoms with Gasteiger partial charge in [0.15, 0.2) is 0 Å². The number of nitrogens with one attached hydrogen (secondary N) is 2. The molecular weight excluding hydrogens is 342 g/mol. The van der Waals surface area contributed by atoms with Crippen molar-refractivity contribution in [2.75, 3.05) is 19.7 Å². The third-order valence-corrected chi connectivity index (χ3v) is 4.60. The average molecular weight is 368 g/mol. The first-order valence-electron chi connectivity index (χ1n) is 8.58. The number of ether oxygens (including phenoxy) is 1. The van der Waals surface area contributed by atoms with E-state index in [0.29, 0.717) is 37.6 Å². The lowest BCUT2D eigenvalue weighted by Crippen LogP contribution is -2.52. The molecule has 7 heteroatoms. The van der Waals surface area contributed by atoms with E-state index >= 15 is 0 Å². The molecule has 25 heavy (non-hydrogen) atoms. The fourth-order valence-corrected chi connectivity index (χ4v) is 2.99. The fraction of sp³-hybridized carbons (Fsp3) is 0.556. The molecule has 0 aromatic heterocycles. The van der Waals surface area contributed by atoms with Gasteiger partial charge in [0.05, 0.1) is 12.1 Å². The zero-order chi connectivity index (χ0) is 18.4. The maximum absolute atomic E-state index is 12.3. The molecule has 0 atom stereocenters. The predicted molar refractivity (Wildman–Crippen MR) is 97.8 cm³/mol.